The SMILES string of the molecule is [2H]C([2H])([2H])c1cc(C([2H])(C)C)c2c(n1)oc1c(-c3cc(C([2H])(C)C([2H])([2H])[2H])ccn3)ccc(C([2H])(C)C)c12. The van der Waals surface area contributed by atoms with Gasteiger partial charge in [0.2, 0.25) is 5.71 Å². The predicted molar refractivity (Wildman–Crippen MR) is 122 cm³/mol. The van der Waals surface area contributed by atoms with E-state index < -0.39 is 31.4 Å². The number of hydrogen-bond donors (Lipinski definition) is 0. The number of fused-ring (bicyclic) bond motifs is 3. The molecule has 0 fully saturated rings. The molecule has 0 aliphatic rings. The van der Waals surface area contributed by atoms with Gasteiger partial charge in [-0.25, -0.2) is 4.98 Å². The van der Waals surface area contributed by atoms with Gasteiger partial charge in [-0.05, 0) is 65.5 Å². The van der Waals surface area contributed by atoms with E-state index in [1.165, 1.54) is 31.3 Å². The van der Waals surface area contributed by atoms with E-state index in [0.717, 1.165) is 0 Å². The van der Waals surface area contributed by atoms with Gasteiger partial charge in [-0.3, -0.25) is 4.98 Å². The van der Waals surface area contributed by atoms with Gasteiger partial charge < -0.3 is 4.42 Å². The highest BCUT2D eigenvalue weighted by Gasteiger charge is 2.22. The van der Waals surface area contributed by atoms with Crippen molar-refractivity contribution in [1.82, 2.24) is 9.97 Å². The molecule has 0 saturated heterocycles. The van der Waals surface area contributed by atoms with Gasteiger partial charge in [0.05, 0.1) is 11.1 Å². The largest absolute Gasteiger partial charge is 0.437 e. The van der Waals surface area contributed by atoms with Crippen molar-refractivity contribution in [2.75, 3.05) is 0 Å². The second kappa shape index (κ2) is 7.29. The van der Waals surface area contributed by atoms with Crippen LogP contribution in [0.1, 0.15) is 93.9 Å². The van der Waals surface area contributed by atoms with Crippen LogP contribution in [-0.4, -0.2) is 9.97 Å². The van der Waals surface area contributed by atoms with E-state index in [0.29, 0.717) is 38.7 Å². The summed E-state index contributed by atoms with van der Waals surface area (Å²) < 4.78 is 79.4. The van der Waals surface area contributed by atoms with Gasteiger partial charge >= 0.3 is 0 Å². The lowest BCUT2D eigenvalue weighted by atomic mass is 9.91. The van der Waals surface area contributed by atoms with Crippen LogP contribution in [0.2, 0.25) is 0 Å². The number of furan rings is 1. The molecule has 29 heavy (non-hydrogen) atoms. The second-order valence-electron chi connectivity index (χ2n) is 7.76. The average molecular weight is 396 g/mol. The third-order valence-electron chi connectivity index (χ3n) is 5.14. The molecule has 4 rings (SSSR count). The van der Waals surface area contributed by atoms with Crippen LogP contribution in [0.4, 0.5) is 0 Å². The Morgan fingerprint density at radius 3 is 2.41 bits per heavy atom. The molecule has 0 bridgehead atoms. The lowest BCUT2D eigenvalue weighted by molar-refractivity contribution is 0.652. The zero-order valence-corrected chi connectivity index (χ0v) is 17.3. The van der Waals surface area contributed by atoms with Crippen molar-refractivity contribution in [2.45, 2.75) is 66.0 Å². The van der Waals surface area contributed by atoms with Crippen LogP contribution in [0.25, 0.3) is 33.3 Å². The molecule has 0 amide bonds. The first kappa shape index (κ1) is 11.5. The molecule has 3 aromatic heterocycles. The van der Waals surface area contributed by atoms with Gasteiger partial charge in [0.25, 0.3) is 0 Å². The lowest BCUT2D eigenvalue weighted by Crippen LogP contribution is -1.95. The molecular weight excluding hydrogens is 356 g/mol. The summed E-state index contributed by atoms with van der Waals surface area (Å²) >= 11 is 0. The Labute approximate surface area is 185 Å². The minimum atomic E-state index is -2.58. The van der Waals surface area contributed by atoms with Gasteiger partial charge in [0.1, 0.15) is 5.58 Å². The molecule has 0 N–H and O–H groups in total. The number of aryl methyl sites for hydroxylation is 1. The van der Waals surface area contributed by atoms with E-state index in [4.69, 9.17) is 16.8 Å². The van der Waals surface area contributed by atoms with Crippen molar-refractivity contribution in [1.29, 1.82) is 0 Å². The summed E-state index contributed by atoms with van der Waals surface area (Å²) in [4.78, 5) is 8.73. The minimum absolute atomic E-state index is 0.0332. The number of pyridine rings is 2. The topological polar surface area (TPSA) is 38.9 Å². The van der Waals surface area contributed by atoms with Gasteiger partial charge in [-0.1, -0.05) is 47.5 Å². The van der Waals surface area contributed by atoms with Crippen LogP contribution in [0.5, 0.6) is 0 Å². The first-order valence-corrected chi connectivity index (χ1v) is 9.52. The minimum Gasteiger partial charge on any atom is -0.437 e. The Hall–Kier alpha value is -2.68. The predicted octanol–water partition coefficient (Wildman–Crippen LogP) is 7.72. The highest BCUT2D eigenvalue weighted by atomic mass is 16.3. The standard InChI is InChI=1S/C26H30N2O/c1-14(2)18-10-11-27-22(13-18)20-9-8-19(15(3)4)23-24-21(16(5)6)12-17(7)28-26(24)29-25(20)23/h8-16H,1-7H3/i1D3,7D3,14D,15D,16D. The van der Waals surface area contributed by atoms with Crippen LogP contribution in [0, 0.1) is 6.85 Å². The van der Waals surface area contributed by atoms with Gasteiger partial charge in [0.15, 0.2) is 0 Å². The Bertz CT molecular complexity index is 1540. The van der Waals surface area contributed by atoms with Crippen LogP contribution in [0.3, 0.4) is 0 Å². The van der Waals surface area contributed by atoms with Crippen molar-refractivity contribution in [3.8, 4) is 11.3 Å². The molecule has 0 saturated carbocycles. The number of nitrogens with zero attached hydrogens (tertiary/aromatic N) is 2. The molecule has 0 spiro atoms. The van der Waals surface area contributed by atoms with E-state index in [-0.39, 0.29) is 17.0 Å². The highest BCUT2D eigenvalue weighted by Crippen LogP contribution is 2.42. The maximum absolute atomic E-state index is 8.79. The molecular formula is C26H30N2O. The van der Waals surface area contributed by atoms with Gasteiger partial charge in [0, 0.05) is 35.2 Å². The molecule has 3 nitrogen and oxygen atoms in total. The molecule has 1 atom stereocenters. The lowest BCUT2D eigenvalue weighted by Gasteiger charge is -2.13. The molecule has 0 aliphatic heterocycles. The Morgan fingerprint density at radius 1 is 0.931 bits per heavy atom. The quantitative estimate of drug-likeness (QED) is 0.355. The van der Waals surface area contributed by atoms with Crippen LogP contribution >= 0.6 is 0 Å². The van der Waals surface area contributed by atoms with Crippen LogP contribution in [-0.2, 0) is 0 Å². The van der Waals surface area contributed by atoms with Gasteiger partial charge in [-0.2, -0.15) is 0 Å². The number of aromatic nitrogens is 2. The zero-order valence-electron chi connectivity index (χ0n) is 26.3. The molecule has 3 heteroatoms. The second-order valence-corrected chi connectivity index (χ2v) is 7.76. The van der Waals surface area contributed by atoms with E-state index in [1.54, 1.807) is 39.8 Å². The molecule has 150 valence electrons. The normalized spacial score (nSPS) is 20.4. The third-order valence-corrected chi connectivity index (χ3v) is 5.14. The fraction of sp³-hybridized carbons (Fsp3) is 0.385. The maximum Gasteiger partial charge on any atom is 0.227 e. The molecule has 0 radical (unpaired) electrons. The summed E-state index contributed by atoms with van der Waals surface area (Å²) in [6.07, 6.45) is 1.43. The average Bonchev–Trinajstić information content (AvgIpc) is 3.14. The summed E-state index contributed by atoms with van der Waals surface area (Å²) in [5.74, 6) is -4.20. The summed E-state index contributed by atoms with van der Waals surface area (Å²) in [7, 11) is 0. The van der Waals surface area contributed by atoms with Gasteiger partial charge in [-0.15, -0.1) is 0 Å². The smallest absolute Gasteiger partial charge is 0.227 e. The van der Waals surface area contributed by atoms with E-state index in [1.807, 2.05) is 0 Å². The number of benzene rings is 1. The van der Waals surface area contributed by atoms with Crippen molar-refractivity contribution in [2.24, 2.45) is 0 Å². The fourth-order valence-electron chi connectivity index (χ4n) is 3.69. The highest BCUT2D eigenvalue weighted by molar-refractivity contribution is 6.11. The van der Waals surface area contributed by atoms with Crippen LogP contribution < -0.4 is 0 Å². The summed E-state index contributed by atoms with van der Waals surface area (Å²) in [5.41, 5.74) is 2.19. The van der Waals surface area contributed by atoms with Crippen molar-refractivity contribution in [3.05, 3.63) is 58.9 Å². The van der Waals surface area contributed by atoms with Crippen LogP contribution in [0.15, 0.2) is 40.9 Å². The molecule has 0 aliphatic carbocycles. The first-order chi connectivity index (χ1) is 17.1. The van der Waals surface area contributed by atoms with Crippen molar-refractivity contribution in [3.63, 3.8) is 0 Å². The summed E-state index contributed by atoms with van der Waals surface area (Å²) in [6, 6.07) is 7.91. The molecule has 4 aromatic rings. The number of hydrogen-bond acceptors (Lipinski definition) is 3. The van der Waals surface area contributed by atoms with E-state index >= 15 is 0 Å². The van der Waals surface area contributed by atoms with E-state index in [9.17, 15) is 0 Å². The van der Waals surface area contributed by atoms with Crippen molar-refractivity contribution >= 4 is 22.1 Å². The Balaban J connectivity index is 2.16. The Kier molecular flexibility index (Phi) is 2.89. The number of rotatable bonds is 4. The fourth-order valence-corrected chi connectivity index (χ4v) is 3.69. The Morgan fingerprint density at radius 2 is 1.72 bits per heavy atom. The zero-order chi connectivity index (χ0) is 28.6. The monoisotopic (exact) mass is 395 g/mol. The molecule has 1 aromatic carbocycles. The first-order valence-electron chi connectivity index (χ1n) is 14.0. The molecule has 3 heterocycles. The van der Waals surface area contributed by atoms with E-state index in [2.05, 4.69) is 9.97 Å². The third kappa shape index (κ3) is 3.33. The summed E-state index contributed by atoms with van der Waals surface area (Å²) in [5, 5.41) is 0.975. The summed E-state index contributed by atoms with van der Waals surface area (Å²) in [6.45, 7) is 2.95. The molecule has 1 unspecified atom stereocenters. The maximum atomic E-state index is 8.79. The van der Waals surface area contributed by atoms with Crippen molar-refractivity contribution < 1.29 is 16.8 Å².